The summed E-state index contributed by atoms with van der Waals surface area (Å²) in [7, 11) is 4.62. The van der Waals surface area contributed by atoms with Crippen molar-refractivity contribution in [3.05, 3.63) is 0 Å². The predicted octanol–water partition coefficient (Wildman–Crippen LogP) is 1.07. The van der Waals surface area contributed by atoms with E-state index in [1.54, 1.807) is 0 Å². The Labute approximate surface area is 182 Å². The molecule has 5 heterocycles. The van der Waals surface area contributed by atoms with Crippen LogP contribution in [0, 0.1) is 23.2 Å². The van der Waals surface area contributed by atoms with Gasteiger partial charge in [0.15, 0.2) is 0 Å². The molecule has 0 aromatic rings. The van der Waals surface area contributed by atoms with Gasteiger partial charge < -0.3 is 19.3 Å². The average molecular weight is 419 g/mol. The second-order valence-electron chi connectivity index (χ2n) is 11.8. The van der Waals surface area contributed by atoms with Crippen LogP contribution < -0.4 is 0 Å². The van der Waals surface area contributed by atoms with Crippen LogP contribution in [-0.2, 0) is 9.47 Å². The van der Waals surface area contributed by atoms with Crippen LogP contribution in [0.5, 0.6) is 0 Å². The minimum Gasteiger partial charge on any atom is -0.377 e. The van der Waals surface area contributed by atoms with Crippen LogP contribution in [0.2, 0.25) is 0 Å². The number of morpholine rings is 1. The zero-order chi connectivity index (χ0) is 20.5. The first-order chi connectivity index (χ1) is 14.5. The highest BCUT2D eigenvalue weighted by molar-refractivity contribution is 5.06. The van der Waals surface area contributed by atoms with E-state index < -0.39 is 0 Å². The van der Waals surface area contributed by atoms with E-state index in [0.29, 0.717) is 35.6 Å². The van der Waals surface area contributed by atoms with Gasteiger partial charge in [-0.2, -0.15) is 0 Å². The Morgan fingerprint density at radius 2 is 1.73 bits per heavy atom. The summed E-state index contributed by atoms with van der Waals surface area (Å²) in [4.78, 5) is 10.6. The number of rotatable bonds is 3. The first-order valence-corrected chi connectivity index (χ1v) is 12.6. The first-order valence-electron chi connectivity index (χ1n) is 12.6. The number of ether oxygens (including phenoxy) is 2. The van der Waals surface area contributed by atoms with E-state index >= 15 is 0 Å². The second kappa shape index (κ2) is 7.67. The molecule has 6 fully saturated rings. The zero-order valence-electron chi connectivity index (χ0n) is 19.3. The number of piperazine rings is 1. The van der Waals surface area contributed by atoms with Crippen molar-refractivity contribution in [3.63, 3.8) is 0 Å². The van der Waals surface area contributed by atoms with Crippen LogP contribution in [0.1, 0.15) is 26.2 Å². The van der Waals surface area contributed by atoms with Crippen LogP contribution in [-0.4, -0.2) is 124 Å². The van der Waals surface area contributed by atoms with E-state index in [1.807, 2.05) is 0 Å². The number of fused-ring (bicyclic) bond motifs is 3. The Kier molecular flexibility index (Phi) is 5.21. The molecule has 0 amide bonds. The fourth-order valence-electron chi connectivity index (χ4n) is 7.79. The summed E-state index contributed by atoms with van der Waals surface area (Å²) in [6, 6.07) is 1.26. The largest absolute Gasteiger partial charge is 0.377 e. The van der Waals surface area contributed by atoms with Crippen LogP contribution in [0.15, 0.2) is 0 Å². The molecule has 6 rings (SSSR count). The Bertz CT molecular complexity index is 649. The summed E-state index contributed by atoms with van der Waals surface area (Å²) >= 11 is 0. The standard InChI is InChI=1S/C24H42N4O2/c1-24-10-17(24)16-30-18(11-24)12-28-5-4-19-20(13-26(3)14-21(19)28)23-22-15-25(2)6-7-27(22)8-9-29-23/h17-23H,4-16H2,1-3H3/t17?,18?,19?,20?,21?,22?,23?,24-/m1/s1. The third kappa shape index (κ3) is 3.56. The van der Waals surface area contributed by atoms with Gasteiger partial charge in [-0.3, -0.25) is 9.80 Å². The van der Waals surface area contributed by atoms with Gasteiger partial charge in [-0.15, -0.1) is 0 Å². The van der Waals surface area contributed by atoms with Crippen molar-refractivity contribution in [3.8, 4) is 0 Å². The lowest BCUT2D eigenvalue weighted by molar-refractivity contribution is -0.139. The molecule has 5 aliphatic heterocycles. The highest BCUT2D eigenvalue weighted by Crippen LogP contribution is 2.58. The van der Waals surface area contributed by atoms with Crippen LogP contribution in [0.25, 0.3) is 0 Å². The summed E-state index contributed by atoms with van der Waals surface area (Å²) in [5.74, 6) is 2.30. The van der Waals surface area contributed by atoms with E-state index in [-0.39, 0.29) is 0 Å². The minimum absolute atomic E-state index is 0.397. The van der Waals surface area contributed by atoms with E-state index in [2.05, 4.69) is 40.6 Å². The number of likely N-dealkylation sites (tertiary alicyclic amines) is 2. The quantitative estimate of drug-likeness (QED) is 0.682. The predicted molar refractivity (Wildman–Crippen MR) is 118 cm³/mol. The van der Waals surface area contributed by atoms with Crippen molar-refractivity contribution in [2.45, 2.75) is 50.5 Å². The zero-order valence-corrected chi connectivity index (χ0v) is 19.3. The fourth-order valence-corrected chi connectivity index (χ4v) is 7.79. The molecular weight excluding hydrogens is 376 g/mol. The van der Waals surface area contributed by atoms with E-state index in [4.69, 9.17) is 9.47 Å². The van der Waals surface area contributed by atoms with Crippen LogP contribution >= 0.6 is 0 Å². The molecule has 0 radical (unpaired) electrons. The molecule has 0 N–H and O–H groups in total. The average Bonchev–Trinajstić information content (AvgIpc) is 3.25. The van der Waals surface area contributed by atoms with E-state index in [9.17, 15) is 0 Å². The van der Waals surface area contributed by atoms with E-state index in [0.717, 1.165) is 38.1 Å². The lowest BCUT2D eigenvalue weighted by Gasteiger charge is -2.52. The van der Waals surface area contributed by atoms with Gasteiger partial charge in [0.25, 0.3) is 0 Å². The number of likely N-dealkylation sites (N-methyl/N-ethyl adjacent to an activating group) is 2. The maximum absolute atomic E-state index is 6.57. The Hall–Kier alpha value is -0.240. The van der Waals surface area contributed by atoms with Crippen LogP contribution in [0.4, 0.5) is 0 Å². The summed E-state index contributed by atoms with van der Waals surface area (Å²) in [5.41, 5.74) is 0.598. The van der Waals surface area contributed by atoms with Crippen molar-refractivity contribution < 1.29 is 9.47 Å². The third-order valence-corrected chi connectivity index (χ3v) is 9.71. The molecule has 8 atom stereocenters. The SMILES string of the molecule is CN1CC(C2OCCN3CCN(C)CC23)C2CCN(CC3C[C@@]4(C)CC4CO3)C2C1. The molecule has 0 aromatic heterocycles. The number of piperidine rings is 1. The second-order valence-corrected chi connectivity index (χ2v) is 11.8. The summed E-state index contributed by atoms with van der Waals surface area (Å²) in [5, 5.41) is 0. The lowest BCUT2D eigenvalue weighted by Crippen LogP contribution is -2.65. The lowest BCUT2D eigenvalue weighted by atomic mass is 9.76. The van der Waals surface area contributed by atoms with Gasteiger partial charge in [0.2, 0.25) is 0 Å². The van der Waals surface area contributed by atoms with Crippen molar-refractivity contribution in [1.82, 2.24) is 19.6 Å². The number of hydrogen-bond donors (Lipinski definition) is 0. The van der Waals surface area contributed by atoms with Gasteiger partial charge in [0, 0.05) is 63.8 Å². The topological polar surface area (TPSA) is 31.4 Å². The first kappa shape index (κ1) is 20.4. The molecule has 1 saturated carbocycles. The van der Waals surface area contributed by atoms with Crippen molar-refractivity contribution >= 4 is 0 Å². The van der Waals surface area contributed by atoms with Gasteiger partial charge >= 0.3 is 0 Å². The Morgan fingerprint density at radius 1 is 0.867 bits per heavy atom. The maximum atomic E-state index is 6.57. The molecule has 170 valence electrons. The van der Waals surface area contributed by atoms with Crippen molar-refractivity contribution in [2.75, 3.05) is 79.7 Å². The van der Waals surface area contributed by atoms with Crippen molar-refractivity contribution in [1.29, 1.82) is 0 Å². The summed E-state index contributed by atoms with van der Waals surface area (Å²) in [6.45, 7) is 13.9. The molecule has 5 saturated heterocycles. The van der Waals surface area contributed by atoms with Gasteiger partial charge in [-0.1, -0.05) is 6.92 Å². The fraction of sp³-hybridized carbons (Fsp3) is 1.00. The Balaban J connectivity index is 1.16. The number of nitrogens with zero attached hydrogens (tertiary/aromatic N) is 4. The molecule has 6 heteroatoms. The molecule has 0 aromatic carbocycles. The highest BCUT2D eigenvalue weighted by atomic mass is 16.5. The Morgan fingerprint density at radius 3 is 2.60 bits per heavy atom. The van der Waals surface area contributed by atoms with E-state index in [1.165, 1.54) is 58.5 Å². The summed E-state index contributed by atoms with van der Waals surface area (Å²) in [6.07, 6.45) is 4.87. The molecule has 1 aliphatic carbocycles. The monoisotopic (exact) mass is 418 g/mol. The maximum Gasteiger partial charge on any atom is 0.0786 e. The molecule has 6 aliphatic rings. The highest BCUT2D eigenvalue weighted by Gasteiger charge is 2.55. The molecular formula is C24H42N4O2. The minimum atomic E-state index is 0.397. The van der Waals surface area contributed by atoms with Gasteiger partial charge in [0.1, 0.15) is 0 Å². The summed E-state index contributed by atoms with van der Waals surface area (Å²) < 4.78 is 12.9. The van der Waals surface area contributed by atoms with Crippen LogP contribution in [0.3, 0.4) is 0 Å². The smallest absolute Gasteiger partial charge is 0.0786 e. The third-order valence-electron chi connectivity index (χ3n) is 9.71. The van der Waals surface area contributed by atoms with Gasteiger partial charge in [-0.05, 0) is 57.2 Å². The normalized spacial score (nSPS) is 50.7. The molecule has 7 unspecified atom stereocenters. The molecule has 6 nitrogen and oxygen atoms in total. The van der Waals surface area contributed by atoms with Gasteiger partial charge in [-0.25, -0.2) is 0 Å². The van der Waals surface area contributed by atoms with Crippen molar-refractivity contribution in [2.24, 2.45) is 23.2 Å². The molecule has 0 spiro atoms. The number of hydrogen-bond acceptors (Lipinski definition) is 6. The molecule has 30 heavy (non-hydrogen) atoms. The van der Waals surface area contributed by atoms with Gasteiger partial charge in [0.05, 0.1) is 25.4 Å². The molecule has 0 bridgehead atoms.